The number of hydrogen-bond donors (Lipinski definition) is 0. The van der Waals surface area contributed by atoms with Crippen LogP contribution in [-0.2, 0) is 0 Å². The van der Waals surface area contributed by atoms with Crippen LogP contribution in [0, 0.1) is 5.82 Å². The molecule has 0 saturated carbocycles. The van der Waals surface area contributed by atoms with E-state index in [1.807, 2.05) is 13.0 Å². The number of carbonyl (C=O) groups excluding carboxylic acids is 1. The summed E-state index contributed by atoms with van der Waals surface area (Å²) < 4.78 is 12.9. The van der Waals surface area contributed by atoms with Crippen LogP contribution >= 0.6 is 22.9 Å². The number of carbonyl (C=O) groups is 1. The molecule has 2 aromatic rings. The van der Waals surface area contributed by atoms with Crippen molar-refractivity contribution in [3.8, 4) is 10.4 Å². The van der Waals surface area contributed by atoms with Gasteiger partial charge >= 0.3 is 0 Å². The first kappa shape index (κ1) is 12.3. The topological polar surface area (TPSA) is 17.1 Å². The average molecular weight is 269 g/mol. The highest BCUT2D eigenvalue weighted by atomic mass is 35.5. The minimum atomic E-state index is -0.361. The van der Waals surface area contributed by atoms with Gasteiger partial charge in [0.15, 0.2) is 5.78 Å². The van der Waals surface area contributed by atoms with Crippen LogP contribution in [0.4, 0.5) is 4.39 Å². The molecule has 0 bridgehead atoms. The predicted molar refractivity (Wildman–Crippen MR) is 69.3 cm³/mol. The monoisotopic (exact) mass is 268 g/mol. The maximum Gasteiger partial charge on any atom is 0.172 e. The molecule has 0 fully saturated rings. The predicted octanol–water partition coefficient (Wildman–Crippen LogP) is 4.80. The van der Waals surface area contributed by atoms with Crippen LogP contribution in [-0.4, -0.2) is 5.78 Å². The van der Waals surface area contributed by atoms with Gasteiger partial charge in [0.2, 0.25) is 0 Å². The lowest BCUT2D eigenvalue weighted by molar-refractivity contribution is 0.0992. The van der Waals surface area contributed by atoms with Crippen LogP contribution in [0.1, 0.15) is 23.0 Å². The first-order chi connectivity index (χ1) is 8.11. The first-order valence-corrected chi connectivity index (χ1v) is 6.39. The summed E-state index contributed by atoms with van der Waals surface area (Å²) in [6, 6.07) is 7.89. The van der Waals surface area contributed by atoms with Gasteiger partial charge in [0.1, 0.15) is 5.82 Å². The van der Waals surface area contributed by atoms with E-state index in [-0.39, 0.29) is 11.6 Å². The molecular weight excluding hydrogens is 259 g/mol. The van der Waals surface area contributed by atoms with E-state index in [0.717, 1.165) is 10.4 Å². The standard InChI is InChI=1S/C13H10ClFOS/c1-2-11(16)13-6-5-12(17-13)9-4-3-8(15)7-10(9)14/h3-7H,2H2,1H3. The van der Waals surface area contributed by atoms with Crippen molar-refractivity contribution in [2.75, 3.05) is 0 Å². The fourth-order valence-corrected chi connectivity index (χ4v) is 2.88. The van der Waals surface area contributed by atoms with Crippen molar-refractivity contribution in [3.05, 3.63) is 46.0 Å². The van der Waals surface area contributed by atoms with E-state index in [0.29, 0.717) is 16.3 Å². The molecule has 2 rings (SSSR count). The molecule has 1 aromatic carbocycles. The SMILES string of the molecule is CCC(=O)c1ccc(-c2ccc(F)cc2Cl)s1. The number of benzene rings is 1. The molecule has 0 N–H and O–H groups in total. The number of ketones is 1. The summed E-state index contributed by atoms with van der Waals surface area (Å²) in [5.41, 5.74) is 0.758. The minimum absolute atomic E-state index is 0.111. The molecule has 17 heavy (non-hydrogen) atoms. The Bertz CT molecular complexity index is 562. The Hall–Kier alpha value is -1.19. The van der Waals surface area contributed by atoms with Crippen LogP contribution in [0.3, 0.4) is 0 Å². The Balaban J connectivity index is 2.40. The lowest BCUT2D eigenvalue weighted by Crippen LogP contribution is -1.90. The van der Waals surface area contributed by atoms with Crippen LogP contribution in [0.15, 0.2) is 30.3 Å². The molecule has 0 atom stereocenters. The van der Waals surface area contributed by atoms with E-state index in [4.69, 9.17) is 11.6 Å². The van der Waals surface area contributed by atoms with Gasteiger partial charge in [0, 0.05) is 16.9 Å². The van der Waals surface area contributed by atoms with Gasteiger partial charge in [-0.1, -0.05) is 18.5 Å². The molecule has 88 valence electrons. The highest BCUT2D eigenvalue weighted by Gasteiger charge is 2.11. The Labute approximate surface area is 108 Å². The highest BCUT2D eigenvalue weighted by molar-refractivity contribution is 7.17. The van der Waals surface area contributed by atoms with E-state index in [1.54, 1.807) is 12.1 Å². The van der Waals surface area contributed by atoms with Crippen molar-refractivity contribution in [1.82, 2.24) is 0 Å². The molecule has 1 nitrogen and oxygen atoms in total. The minimum Gasteiger partial charge on any atom is -0.293 e. The largest absolute Gasteiger partial charge is 0.293 e. The first-order valence-electron chi connectivity index (χ1n) is 5.20. The van der Waals surface area contributed by atoms with Crippen molar-refractivity contribution >= 4 is 28.7 Å². The van der Waals surface area contributed by atoms with Gasteiger partial charge in [0.05, 0.1) is 9.90 Å². The second kappa shape index (κ2) is 4.98. The Morgan fingerprint density at radius 2 is 2.12 bits per heavy atom. The highest BCUT2D eigenvalue weighted by Crippen LogP contribution is 2.34. The van der Waals surface area contributed by atoms with E-state index < -0.39 is 0 Å². The van der Waals surface area contributed by atoms with E-state index in [1.165, 1.54) is 23.5 Å². The quantitative estimate of drug-likeness (QED) is 0.731. The molecule has 0 unspecified atom stereocenters. The summed E-state index contributed by atoms with van der Waals surface area (Å²) in [4.78, 5) is 13.1. The molecule has 1 heterocycles. The number of thiophene rings is 1. The zero-order valence-corrected chi connectivity index (χ0v) is 10.7. The average Bonchev–Trinajstić information content (AvgIpc) is 2.77. The fraction of sp³-hybridized carbons (Fsp3) is 0.154. The van der Waals surface area contributed by atoms with Crippen molar-refractivity contribution in [3.63, 3.8) is 0 Å². The van der Waals surface area contributed by atoms with Gasteiger partial charge in [-0.3, -0.25) is 4.79 Å². The summed E-state index contributed by atoms with van der Waals surface area (Å²) in [5.74, 6) is -0.250. The van der Waals surface area contributed by atoms with Crippen molar-refractivity contribution in [2.45, 2.75) is 13.3 Å². The van der Waals surface area contributed by atoms with Crippen LogP contribution < -0.4 is 0 Å². The summed E-state index contributed by atoms with van der Waals surface area (Å²) in [5, 5.41) is 0.363. The summed E-state index contributed by atoms with van der Waals surface area (Å²) in [6.07, 6.45) is 0.483. The maximum atomic E-state index is 12.9. The zero-order chi connectivity index (χ0) is 12.4. The lowest BCUT2D eigenvalue weighted by Gasteiger charge is -2.00. The van der Waals surface area contributed by atoms with Crippen LogP contribution in [0.2, 0.25) is 5.02 Å². The van der Waals surface area contributed by atoms with Crippen molar-refractivity contribution < 1.29 is 9.18 Å². The maximum absolute atomic E-state index is 12.9. The molecule has 0 amide bonds. The summed E-state index contributed by atoms with van der Waals surface area (Å²) >= 11 is 7.35. The fourth-order valence-electron chi connectivity index (χ4n) is 1.50. The van der Waals surface area contributed by atoms with Crippen LogP contribution in [0.5, 0.6) is 0 Å². The van der Waals surface area contributed by atoms with E-state index in [9.17, 15) is 9.18 Å². The van der Waals surface area contributed by atoms with Gasteiger partial charge in [-0.2, -0.15) is 0 Å². The molecule has 1 aromatic heterocycles. The Morgan fingerprint density at radius 3 is 2.76 bits per heavy atom. The normalized spacial score (nSPS) is 10.5. The summed E-state index contributed by atoms with van der Waals surface area (Å²) in [7, 11) is 0. The number of hydrogen-bond acceptors (Lipinski definition) is 2. The molecule has 0 radical (unpaired) electrons. The second-order valence-corrected chi connectivity index (χ2v) is 5.06. The molecule has 0 saturated heterocycles. The van der Waals surface area contributed by atoms with Gasteiger partial charge in [-0.05, 0) is 30.3 Å². The van der Waals surface area contributed by atoms with E-state index in [2.05, 4.69) is 0 Å². The zero-order valence-electron chi connectivity index (χ0n) is 9.17. The molecule has 0 aliphatic heterocycles. The number of rotatable bonds is 3. The second-order valence-electron chi connectivity index (χ2n) is 3.56. The molecular formula is C13H10ClFOS. The third-order valence-corrected chi connectivity index (χ3v) is 3.87. The molecule has 4 heteroatoms. The number of Topliss-reactive ketones (excluding diaryl/α,β-unsaturated/α-hetero) is 1. The molecule has 0 spiro atoms. The lowest BCUT2D eigenvalue weighted by atomic mass is 10.2. The molecule has 0 aliphatic carbocycles. The van der Waals surface area contributed by atoms with Gasteiger partial charge in [0.25, 0.3) is 0 Å². The molecule has 0 aliphatic rings. The van der Waals surface area contributed by atoms with Gasteiger partial charge < -0.3 is 0 Å². The Kier molecular flexibility index (Phi) is 3.60. The van der Waals surface area contributed by atoms with Gasteiger partial charge in [-0.15, -0.1) is 11.3 Å². The van der Waals surface area contributed by atoms with Crippen molar-refractivity contribution in [2.24, 2.45) is 0 Å². The third-order valence-electron chi connectivity index (χ3n) is 2.40. The summed E-state index contributed by atoms with van der Waals surface area (Å²) in [6.45, 7) is 1.83. The number of halogens is 2. The van der Waals surface area contributed by atoms with E-state index >= 15 is 0 Å². The van der Waals surface area contributed by atoms with Crippen LogP contribution in [0.25, 0.3) is 10.4 Å². The Morgan fingerprint density at radius 1 is 1.35 bits per heavy atom. The smallest absolute Gasteiger partial charge is 0.172 e. The third kappa shape index (κ3) is 2.56. The van der Waals surface area contributed by atoms with Gasteiger partial charge in [-0.25, -0.2) is 4.39 Å². The van der Waals surface area contributed by atoms with Crippen molar-refractivity contribution in [1.29, 1.82) is 0 Å².